The third-order valence-corrected chi connectivity index (χ3v) is 3.39. The van der Waals surface area contributed by atoms with E-state index in [0.29, 0.717) is 5.56 Å². The molecule has 2 nitrogen and oxygen atoms in total. The molecule has 0 radical (unpaired) electrons. The summed E-state index contributed by atoms with van der Waals surface area (Å²) in [5.41, 5.74) is 2.54. The molecule has 1 aliphatic carbocycles. The number of esters is 1. The lowest BCUT2D eigenvalue weighted by Crippen LogP contribution is -2.03. The van der Waals surface area contributed by atoms with E-state index in [4.69, 9.17) is 4.74 Å². The molecule has 1 aliphatic rings. The van der Waals surface area contributed by atoms with E-state index in [2.05, 4.69) is 15.9 Å². The zero-order chi connectivity index (χ0) is 13.7. The second kappa shape index (κ2) is 6.34. The molecule has 0 unspecified atom stereocenters. The van der Waals surface area contributed by atoms with Crippen molar-refractivity contribution in [1.29, 1.82) is 0 Å². The largest absolute Gasteiger partial charge is 0.465 e. The predicted molar refractivity (Wildman–Crippen MR) is 80.9 cm³/mol. The van der Waals surface area contributed by atoms with Gasteiger partial charge in [0.1, 0.15) is 0 Å². The van der Waals surface area contributed by atoms with Gasteiger partial charge in [-0.2, -0.15) is 0 Å². The molecule has 0 N–H and O–H groups in total. The van der Waals surface area contributed by atoms with Crippen molar-refractivity contribution in [3.05, 3.63) is 76.3 Å². The van der Waals surface area contributed by atoms with Crippen LogP contribution in [0.2, 0.25) is 0 Å². The van der Waals surface area contributed by atoms with E-state index in [1.165, 1.54) is 7.11 Å². The first-order chi connectivity index (χ1) is 9.22. The minimum absolute atomic E-state index is 0.348. The predicted octanol–water partition coefficient (Wildman–Crippen LogP) is 4.30. The molecule has 0 amide bonds. The summed E-state index contributed by atoms with van der Waals surface area (Å²) in [7, 11) is 1.38. The second-order valence-electron chi connectivity index (χ2n) is 3.94. The summed E-state index contributed by atoms with van der Waals surface area (Å²) in [4.78, 5) is 11.7. The van der Waals surface area contributed by atoms with Gasteiger partial charge in [-0.05, 0) is 39.2 Å². The molecule has 0 spiro atoms. The van der Waals surface area contributed by atoms with Gasteiger partial charge in [0.05, 0.1) is 12.7 Å². The highest BCUT2D eigenvalue weighted by Gasteiger charge is 2.11. The lowest BCUT2D eigenvalue weighted by atomic mass is 10.0. The van der Waals surface area contributed by atoms with Crippen LogP contribution in [0.3, 0.4) is 0 Å². The summed E-state index contributed by atoms with van der Waals surface area (Å²) in [5.74, 6) is -0.348. The molecule has 0 fully saturated rings. The molecular weight excluding hydrogens is 304 g/mol. The van der Waals surface area contributed by atoms with Gasteiger partial charge in [0.15, 0.2) is 0 Å². The first-order valence-corrected chi connectivity index (χ1v) is 6.61. The van der Waals surface area contributed by atoms with E-state index < -0.39 is 0 Å². The van der Waals surface area contributed by atoms with Crippen LogP contribution in [0, 0.1) is 0 Å². The first-order valence-electron chi connectivity index (χ1n) is 5.82. The molecule has 0 atom stereocenters. The van der Waals surface area contributed by atoms with Crippen LogP contribution in [-0.4, -0.2) is 13.1 Å². The Kier molecular flexibility index (Phi) is 4.53. The van der Waals surface area contributed by atoms with Gasteiger partial charge in [-0.3, -0.25) is 0 Å². The Bertz CT molecular complexity index is 607. The zero-order valence-corrected chi connectivity index (χ0v) is 12.1. The van der Waals surface area contributed by atoms with E-state index in [0.717, 1.165) is 15.6 Å². The Labute approximate surface area is 120 Å². The molecule has 0 aliphatic heterocycles. The second-order valence-corrected chi connectivity index (χ2v) is 4.79. The van der Waals surface area contributed by atoms with Gasteiger partial charge in [-0.15, -0.1) is 0 Å². The molecule has 0 saturated carbocycles. The molecule has 0 heterocycles. The standard InChI is InChI=1S/C16H13BrO2/c1-19-16(18)14-11-13(9-10-15(14)17)12-7-5-3-2-4-6-8-12/h2-11H,1H3/b3-2-,4-2?,5-3?,6-4-,7-5-,8-6?,12-7?,12-8+. The van der Waals surface area contributed by atoms with Crippen LogP contribution in [0.5, 0.6) is 0 Å². The maximum Gasteiger partial charge on any atom is 0.339 e. The Balaban J connectivity index is 2.43. The molecule has 0 saturated heterocycles. The summed E-state index contributed by atoms with van der Waals surface area (Å²) >= 11 is 3.36. The highest BCUT2D eigenvalue weighted by molar-refractivity contribution is 9.10. The van der Waals surface area contributed by atoms with Gasteiger partial charge in [-0.1, -0.05) is 48.6 Å². The van der Waals surface area contributed by atoms with Gasteiger partial charge in [0.25, 0.3) is 0 Å². The summed E-state index contributed by atoms with van der Waals surface area (Å²) < 4.78 is 5.50. The number of carbonyl (C=O) groups is 1. The SMILES string of the molecule is COC(=O)c1cc(C2=C/C=C\C=C/C=C\2)ccc1Br. The zero-order valence-electron chi connectivity index (χ0n) is 10.5. The van der Waals surface area contributed by atoms with Crippen molar-refractivity contribution in [2.45, 2.75) is 0 Å². The number of benzene rings is 1. The lowest BCUT2D eigenvalue weighted by Gasteiger charge is -2.07. The van der Waals surface area contributed by atoms with Crippen molar-refractivity contribution in [3.8, 4) is 0 Å². The fourth-order valence-corrected chi connectivity index (χ4v) is 2.14. The van der Waals surface area contributed by atoms with Crippen molar-refractivity contribution >= 4 is 27.5 Å². The summed E-state index contributed by atoms with van der Waals surface area (Å²) in [6, 6.07) is 5.64. The topological polar surface area (TPSA) is 26.3 Å². The van der Waals surface area contributed by atoms with Gasteiger partial charge >= 0.3 is 5.97 Å². The Morgan fingerprint density at radius 1 is 1.11 bits per heavy atom. The van der Waals surface area contributed by atoms with Crippen LogP contribution in [-0.2, 0) is 4.74 Å². The average molecular weight is 317 g/mol. The van der Waals surface area contributed by atoms with Crippen molar-refractivity contribution in [2.75, 3.05) is 7.11 Å². The van der Waals surface area contributed by atoms with E-state index in [9.17, 15) is 4.79 Å². The molecule has 19 heavy (non-hydrogen) atoms. The van der Waals surface area contributed by atoms with Gasteiger partial charge in [0, 0.05) is 4.47 Å². The maximum atomic E-state index is 11.7. The Morgan fingerprint density at radius 3 is 2.63 bits per heavy atom. The van der Waals surface area contributed by atoms with E-state index in [1.54, 1.807) is 0 Å². The summed E-state index contributed by atoms with van der Waals surface area (Å²) in [6.07, 6.45) is 13.8. The maximum absolute atomic E-state index is 11.7. The number of carbonyl (C=O) groups excluding carboxylic acids is 1. The molecule has 0 aromatic heterocycles. The van der Waals surface area contributed by atoms with Crippen molar-refractivity contribution in [3.63, 3.8) is 0 Å². The van der Waals surface area contributed by atoms with Crippen molar-refractivity contribution in [1.82, 2.24) is 0 Å². The number of allylic oxidation sites excluding steroid dienone is 8. The van der Waals surface area contributed by atoms with Crippen LogP contribution in [0.4, 0.5) is 0 Å². The highest BCUT2D eigenvalue weighted by Crippen LogP contribution is 2.24. The van der Waals surface area contributed by atoms with Gasteiger partial charge in [-0.25, -0.2) is 4.79 Å². The van der Waals surface area contributed by atoms with Crippen molar-refractivity contribution < 1.29 is 9.53 Å². The number of halogens is 1. The van der Waals surface area contributed by atoms with Crippen LogP contribution in [0.25, 0.3) is 5.57 Å². The number of rotatable bonds is 2. The third kappa shape index (κ3) is 3.32. The number of methoxy groups -OCH3 is 1. The summed E-state index contributed by atoms with van der Waals surface area (Å²) in [5, 5.41) is 0. The fraction of sp³-hybridized carbons (Fsp3) is 0.0625. The smallest absolute Gasteiger partial charge is 0.339 e. The first kappa shape index (κ1) is 13.6. The summed E-state index contributed by atoms with van der Waals surface area (Å²) in [6.45, 7) is 0. The van der Waals surface area contributed by atoms with E-state index in [-0.39, 0.29) is 5.97 Å². The van der Waals surface area contributed by atoms with Crippen LogP contribution >= 0.6 is 15.9 Å². The molecule has 96 valence electrons. The average Bonchev–Trinajstić information content (AvgIpc) is 2.38. The Morgan fingerprint density at radius 2 is 1.84 bits per heavy atom. The fourth-order valence-electron chi connectivity index (χ4n) is 1.73. The normalized spacial score (nSPS) is 21.5. The van der Waals surface area contributed by atoms with Crippen LogP contribution in [0.1, 0.15) is 15.9 Å². The third-order valence-electron chi connectivity index (χ3n) is 2.70. The number of hydrogen-bond donors (Lipinski definition) is 0. The minimum Gasteiger partial charge on any atom is -0.465 e. The van der Waals surface area contributed by atoms with Crippen LogP contribution in [0.15, 0.2) is 65.2 Å². The van der Waals surface area contributed by atoms with E-state index >= 15 is 0 Å². The van der Waals surface area contributed by atoms with Gasteiger partial charge in [0.2, 0.25) is 0 Å². The minimum atomic E-state index is -0.348. The van der Waals surface area contributed by atoms with E-state index in [1.807, 2.05) is 60.7 Å². The molecule has 2 rings (SSSR count). The molecular formula is C16H13BrO2. The lowest BCUT2D eigenvalue weighted by molar-refractivity contribution is 0.0599. The van der Waals surface area contributed by atoms with Crippen molar-refractivity contribution in [2.24, 2.45) is 0 Å². The monoisotopic (exact) mass is 316 g/mol. The molecule has 0 bridgehead atoms. The molecule has 1 aromatic rings. The highest BCUT2D eigenvalue weighted by atomic mass is 79.9. The van der Waals surface area contributed by atoms with Crippen LogP contribution < -0.4 is 0 Å². The van der Waals surface area contributed by atoms with Gasteiger partial charge < -0.3 is 4.74 Å². The quantitative estimate of drug-likeness (QED) is 0.760. The molecule has 1 aromatic carbocycles. The number of ether oxygens (including phenoxy) is 1. The molecule has 3 heteroatoms. The Hall–Kier alpha value is -1.87. The number of hydrogen-bond acceptors (Lipinski definition) is 2.